The number of aliphatic hydroxyl groups is 1. The molecule has 4 rings (SSSR count). The van der Waals surface area contributed by atoms with Gasteiger partial charge in [-0.3, -0.25) is 0 Å². The van der Waals surface area contributed by atoms with Crippen LogP contribution in [0.4, 0.5) is 15.2 Å². The van der Waals surface area contributed by atoms with Crippen LogP contribution in [0.15, 0.2) is 58.6 Å². The minimum atomic E-state index is -0.456. The number of nitrogens with zero attached hydrogens (tertiary/aromatic N) is 4. The van der Waals surface area contributed by atoms with E-state index in [0.29, 0.717) is 26.5 Å². The molecule has 0 radical (unpaired) electrons. The van der Waals surface area contributed by atoms with E-state index < -0.39 is 5.25 Å². The zero-order valence-electron chi connectivity index (χ0n) is 15.6. The van der Waals surface area contributed by atoms with E-state index in [-0.39, 0.29) is 17.1 Å². The third-order valence-corrected chi connectivity index (χ3v) is 6.17. The highest BCUT2D eigenvalue weighted by Gasteiger charge is 2.20. The number of anilines is 2. The van der Waals surface area contributed by atoms with E-state index in [1.54, 1.807) is 19.1 Å². The number of rotatable bonds is 6. The Morgan fingerprint density at radius 3 is 2.87 bits per heavy atom. The summed E-state index contributed by atoms with van der Waals surface area (Å²) in [6.45, 7) is 1.76. The van der Waals surface area contributed by atoms with Crippen molar-refractivity contribution < 1.29 is 9.50 Å². The van der Waals surface area contributed by atoms with E-state index in [0.717, 1.165) is 5.52 Å². The Kier molecular flexibility index (Phi) is 5.65. The van der Waals surface area contributed by atoms with Crippen molar-refractivity contribution in [3.63, 3.8) is 0 Å². The Balaban J connectivity index is 1.51. The van der Waals surface area contributed by atoms with Crippen LogP contribution in [-0.2, 0) is 0 Å². The molecule has 0 aliphatic carbocycles. The van der Waals surface area contributed by atoms with Crippen molar-refractivity contribution >= 4 is 50.5 Å². The van der Waals surface area contributed by atoms with Gasteiger partial charge in [0.25, 0.3) is 0 Å². The van der Waals surface area contributed by atoms with Crippen LogP contribution < -0.4 is 5.32 Å². The molecule has 7 nitrogen and oxygen atoms in total. The molecule has 0 bridgehead atoms. The molecule has 0 aliphatic heterocycles. The number of halogens is 1. The highest BCUT2D eigenvalue weighted by Crippen LogP contribution is 2.34. The average Bonchev–Trinajstić information content (AvgIpc) is 3.35. The highest BCUT2D eigenvalue weighted by molar-refractivity contribution is 8.01. The molecule has 10 heteroatoms. The van der Waals surface area contributed by atoms with Gasteiger partial charge in [-0.25, -0.2) is 9.37 Å². The van der Waals surface area contributed by atoms with Crippen LogP contribution in [0.2, 0.25) is 0 Å². The van der Waals surface area contributed by atoms with Gasteiger partial charge < -0.3 is 15.4 Å². The van der Waals surface area contributed by atoms with Gasteiger partial charge in [-0.15, -0.1) is 10.2 Å². The van der Waals surface area contributed by atoms with Gasteiger partial charge in [0.05, 0.1) is 16.3 Å². The number of hydrogen-bond donors (Lipinski definition) is 3. The summed E-state index contributed by atoms with van der Waals surface area (Å²) in [5.41, 5.74) is 2.14. The Bertz CT molecular complexity index is 1240. The number of nitrogens with one attached hydrogen (secondary N) is 2. The molecule has 3 N–H and O–H groups in total. The molecule has 1 unspecified atom stereocenters. The SMILES string of the molecule is CC(Sc1nnc(Nc2cccc(F)c2)s1)/C(O)=C(\C#N)c1nc2ccccc2[nH]1. The lowest BCUT2D eigenvalue weighted by Gasteiger charge is -2.09. The number of thioether (sulfide) groups is 1. The molecule has 2 heterocycles. The second-order valence-electron chi connectivity index (χ2n) is 6.24. The molecule has 0 fully saturated rings. The van der Waals surface area contributed by atoms with E-state index >= 15 is 0 Å². The fraction of sp³-hybridized carbons (Fsp3) is 0.100. The summed E-state index contributed by atoms with van der Waals surface area (Å²) in [6.07, 6.45) is 0. The molecule has 30 heavy (non-hydrogen) atoms. The zero-order valence-corrected chi connectivity index (χ0v) is 17.3. The maximum Gasteiger partial charge on any atom is 0.210 e. The molecule has 1 atom stereocenters. The molecular formula is C20H15FN6OS2. The Labute approximate surface area is 179 Å². The van der Waals surface area contributed by atoms with Gasteiger partial charge in [0.1, 0.15) is 23.2 Å². The van der Waals surface area contributed by atoms with Crippen LogP contribution in [0.5, 0.6) is 0 Å². The zero-order chi connectivity index (χ0) is 21.1. The number of nitriles is 1. The molecule has 0 amide bonds. The third kappa shape index (κ3) is 4.27. The number of fused-ring (bicyclic) bond motifs is 1. The molecule has 0 saturated heterocycles. The molecule has 0 spiro atoms. The van der Waals surface area contributed by atoms with Crippen LogP contribution in [0.3, 0.4) is 0 Å². The molecule has 2 aromatic heterocycles. The van der Waals surface area contributed by atoms with Crippen LogP contribution in [0.25, 0.3) is 16.6 Å². The molecular weight excluding hydrogens is 423 g/mol. The summed E-state index contributed by atoms with van der Waals surface area (Å²) in [4.78, 5) is 7.44. The maximum absolute atomic E-state index is 13.3. The number of aromatic nitrogens is 4. The predicted molar refractivity (Wildman–Crippen MR) is 116 cm³/mol. The van der Waals surface area contributed by atoms with E-state index in [9.17, 15) is 14.8 Å². The van der Waals surface area contributed by atoms with Crippen molar-refractivity contribution in [1.82, 2.24) is 20.2 Å². The molecule has 2 aromatic carbocycles. The normalized spacial score (nSPS) is 13.0. The smallest absolute Gasteiger partial charge is 0.210 e. The van der Waals surface area contributed by atoms with Gasteiger partial charge in [0.15, 0.2) is 10.2 Å². The number of hydrogen-bond acceptors (Lipinski definition) is 8. The van der Waals surface area contributed by atoms with Gasteiger partial charge in [-0.2, -0.15) is 5.26 Å². The lowest BCUT2D eigenvalue weighted by Crippen LogP contribution is -2.04. The average molecular weight is 439 g/mol. The van der Waals surface area contributed by atoms with Crippen molar-refractivity contribution in [2.75, 3.05) is 5.32 Å². The standard InChI is InChI=1S/C20H15FN6OS2/c1-11(17(28)14(10-22)18-24-15-7-2-3-8-16(15)25-18)29-20-27-26-19(30-20)23-13-6-4-5-12(21)9-13/h2-9,11,28H,1H3,(H,23,26)(H,24,25)/b17-14-. The number of H-pyrrole nitrogens is 1. The summed E-state index contributed by atoms with van der Waals surface area (Å²) >= 11 is 2.53. The van der Waals surface area contributed by atoms with Crippen LogP contribution in [0, 0.1) is 17.1 Å². The lowest BCUT2D eigenvalue weighted by atomic mass is 10.2. The summed E-state index contributed by atoms with van der Waals surface area (Å²) in [5.74, 6) is -0.136. The van der Waals surface area contributed by atoms with Gasteiger partial charge in [-0.05, 0) is 37.3 Å². The highest BCUT2D eigenvalue weighted by atomic mass is 32.2. The summed E-state index contributed by atoms with van der Waals surface area (Å²) in [7, 11) is 0. The first-order chi connectivity index (χ1) is 14.5. The van der Waals surface area contributed by atoms with E-state index in [4.69, 9.17) is 0 Å². The second kappa shape index (κ2) is 8.52. The Hall–Kier alpha value is -3.42. The Morgan fingerprint density at radius 1 is 1.27 bits per heavy atom. The molecule has 0 saturated carbocycles. The van der Waals surface area contributed by atoms with Crippen LogP contribution >= 0.6 is 23.1 Å². The summed E-state index contributed by atoms with van der Waals surface area (Å²) in [6, 6.07) is 15.5. The largest absolute Gasteiger partial charge is 0.510 e. The minimum Gasteiger partial charge on any atom is -0.510 e. The van der Waals surface area contributed by atoms with Gasteiger partial charge in [0, 0.05) is 5.69 Å². The maximum atomic E-state index is 13.3. The quantitative estimate of drug-likeness (QED) is 0.214. The van der Waals surface area contributed by atoms with Crippen LogP contribution in [0.1, 0.15) is 12.7 Å². The minimum absolute atomic E-state index is 0.0776. The monoisotopic (exact) mass is 438 g/mol. The van der Waals surface area contributed by atoms with E-state index in [2.05, 4.69) is 25.5 Å². The number of allylic oxidation sites excluding steroid dienone is 1. The lowest BCUT2D eigenvalue weighted by molar-refractivity contribution is 0.402. The van der Waals surface area contributed by atoms with E-state index in [1.807, 2.05) is 30.3 Å². The third-order valence-electron chi connectivity index (χ3n) is 4.14. The Morgan fingerprint density at radius 2 is 2.10 bits per heavy atom. The summed E-state index contributed by atoms with van der Waals surface area (Å²) < 4.78 is 13.9. The van der Waals surface area contributed by atoms with Crippen molar-refractivity contribution in [3.8, 4) is 6.07 Å². The molecule has 150 valence electrons. The number of aliphatic hydroxyl groups excluding tert-OH is 1. The van der Waals surface area contributed by atoms with Crippen molar-refractivity contribution in [2.45, 2.75) is 16.5 Å². The fourth-order valence-electron chi connectivity index (χ4n) is 2.71. The fourth-order valence-corrected chi connectivity index (χ4v) is 4.69. The van der Waals surface area contributed by atoms with Gasteiger partial charge in [0.2, 0.25) is 5.13 Å². The van der Waals surface area contributed by atoms with Crippen molar-refractivity contribution in [2.24, 2.45) is 0 Å². The number of imidazole rings is 1. The molecule has 0 aliphatic rings. The first-order valence-electron chi connectivity index (χ1n) is 8.84. The van der Waals surface area contributed by atoms with Crippen molar-refractivity contribution in [1.29, 1.82) is 5.26 Å². The predicted octanol–water partition coefficient (Wildman–Crippen LogP) is 5.27. The summed E-state index contributed by atoms with van der Waals surface area (Å²) in [5, 5.41) is 31.4. The number of aromatic amines is 1. The topological polar surface area (TPSA) is 111 Å². The molecule has 4 aromatic rings. The van der Waals surface area contributed by atoms with Crippen LogP contribution in [-0.4, -0.2) is 30.5 Å². The van der Waals surface area contributed by atoms with Crippen molar-refractivity contribution in [3.05, 3.63) is 65.9 Å². The first-order valence-corrected chi connectivity index (χ1v) is 10.5. The number of para-hydroxylation sites is 2. The second-order valence-corrected chi connectivity index (χ2v) is 8.81. The number of benzene rings is 2. The van der Waals surface area contributed by atoms with Gasteiger partial charge >= 0.3 is 0 Å². The first kappa shape index (κ1) is 19.9. The van der Waals surface area contributed by atoms with E-state index in [1.165, 1.54) is 35.2 Å². The van der Waals surface area contributed by atoms with Gasteiger partial charge in [-0.1, -0.05) is 41.3 Å².